The lowest BCUT2D eigenvalue weighted by Crippen LogP contribution is -2.28. The summed E-state index contributed by atoms with van der Waals surface area (Å²) in [6, 6.07) is 0. The zero-order chi connectivity index (χ0) is 22.6. The summed E-state index contributed by atoms with van der Waals surface area (Å²) in [6.07, 6.45) is 11.0. The molecule has 0 aliphatic heterocycles. The van der Waals surface area contributed by atoms with E-state index in [0.29, 0.717) is 18.1 Å². The Morgan fingerprint density at radius 2 is 1.81 bits per heavy atom. The molecule has 0 spiro atoms. The van der Waals surface area contributed by atoms with Gasteiger partial charge in [-0.25, -0.2) is 4.79 Å². The van der Waals surface area contributed by atoms with Crippen LogP contribution in [0.2, 0.25) is 0 Å². The number of amides is 1. The van der Waals surface area contributed by atoms with E-state index in [1.54, 1.807) is 11.3 Å². The number of unbranched alkanes of at least 4 members (excludes halogenated alkanes) is 1. The van der Waals surface area contributed by atoms with Crippen molar-refractivity contribution in [3.8, 4) is 0 Å². The largest absolute Gasteiger partial charge is 0.462 e. The van der Waals surface area contributed by atoms with E-state index in [0.717, 1.165) is 61.4 Å². The standard InChI is InChI=1S/C26H41NO3S/c1-6-8-9-17-10-12-18(13-11-17)23(28)27-24-22(25(29)30-7-2)20-15-14-19(26(3,4)5)16-21(20)31-24/h17-19H,6-16H2,1-5H3,(H,27,28). The fourth-order valence-corrected chi connectivity index (χ4v) is 6.57. The van der Waals surface area contributed by atoms with Gasteiger partial charge in [-0.05, 0) is 74.7 Å². The first-order chi connectivity index (χ1) is 14.7. The van der Waals surface area contributed by atoms with Crippen LogP contribution >= 0.6 is 11.3 Å². The van der Waals surface area contributed by atoms with Gasteiger partial charge in [0.25, 0.3) is 0 Å². The summed E-state index contributed by atoms with van der Waals surface area (Å²) in [5.74, 6) is 1.24. The monoisotopic (exact) mass is 447 g/mol. The second kappa shape index (κ2) is 10.5. The second-order valence-corrected chi connectivity index (χ2v) is 11.7. The minimum Gasteiger partial charge on any atom is -0.462 e. The molecule has 31 heavy (non-hydrogen) atoms. The normalized spacial score (nSPS) is 23.8. The highest BCUT2D eigenvalue weighted by Gasteiger charge is 2.35. The molecule has 1 atom stereocenters. The van der Waals surface area contributed by atoms with Crippen molar-refractivity contribution in [2.75, 3.05) is 11.9 Å². The van der Waals surface area contributed by atoms with E-state index >= 15 is 0 Å². The van der Waals surface area contributed by atoms with Gasteiger partial charge in [-0.1, -0.05) is 47.0 Å². The van der Waals surface area contributed by atoms with E-state index < -0.39 is 0 Å². The van der Waals surface area contributed by atoms with Crippen molar-refractivity contribution in [1.82, 2.24) is 0 Å². The first kappa shape index (κ1) is 24.3. The van der Waals surface area contributed by atoms with E-state index in [1.807, 2.05) is 6.92 Å². The van der Waals surface area contributed by atoms with Gasteiger partial charge in [0.1, 0.15) is 5.00 Å². The van der Waals surface area contributed by atoms with Crippen LogP contribution < -0.4 is 5.32 Å². The molecule has 1 fully saturated rings. The number of ether oxygens (including phenoxy) is 1. The van der Waals surface area contributed by atoms with Gasteiger partial charge in [-0.3, -0.25) is 4.79 Å². The Hall–Kier alpha value is -1.36. The molecule has 4 nitrogen and oxygen atoms in total. The van der Waals surface area contributed by atoms with Crippen molar-refractivity contribution in [2.24, 2.45) is 23.2 Å². The Bertz CT molecular complexity index is 768. The summed E-state index contributed by atoms with van der Waals surface area (Å²) in [5.41, 5.74) is 1.98. The molecule has 5 heteroatoms. The third-order valence-electron chi connectivity index (χ3n) is 7.39. The van der Waals surface area contributed by atoms with Gasteiger partial charge in [0.05, 0.1) is 12.2 Å². The Morgan fingerprint density at radius 3 is 2.42 bits per heavy atom. The maximum atomic E-state index is 13.1. The first-order valence-corrected chi connectivity index (χ1v) is 13.2. The molecule has 1 aromatic heterocycles. The highest BCUT2D eigenvalue weighted by molar-refractivity contribution is 7.17. The quantitative estimate of drug-likeness (QED) is 0.457. The molecule has 1 saturated carbocycles. The number of carbonyl (C=O) groups is 2. The van der Waals surface area contributed by atoms with Gasteiger partial charge in [-0.2, -0.15) is 0 Å². The average Bonchev–Trinajstić information content (AvgIpc) is 3.09. The van der Waals surface area contributed by atoms with Gasteiger partial charge in [0.2, 0.25) is 5.91 Å². The predicted octanol–water partition coefficient (Wildman–Crippen LogP) is 7.01. The Kier molecular flexibility index (Phi) is 8.23. The zero-order valence-corrected chi connectivity index (χ0v) is 21.0. The number of rotatable bonds is 7. The van der Waals surface area contributed by atoms with E-state index in [9.17, 15) is 9.59 Å². The summed E-state index contributed by atoms with van der Waals surface area (Å²) >= 11 is 1.61. The molecule has 0 saturated heterocycles. The SMILES string of the molecule is CCCCC1CCC(C(=O)Nc2sc3c(c2C(=O)OCC)CCC(C(C)(C)C)C3)CC1. The smallest absolute Gasteiger partial charge is 0.341 e. The molecular formula is C26H41NO3S. The number of nitrogens with one attached hydrogen (secondary N) is 1. The van der Waals surface area contributed by atoms with Crippen LogP contribution in [0.4, 0.5) is 5.00 Å². The van der Waals surface area contributed by atoms with Crippen molar-refractivity contribution >= 4 is 28.2 Å². The van der Waals surface area contributed by atoms with Crippen LogP contribution in [0.25, 0.3) is 0 Å². The van der Waals surface area contributed by atoms with Crippen molar-refractivity contribution < 1.29 is 14.3 Å². The third-order valence-corrected chi connectivity index (χ3v) is 8.56. The van der Waals surface area contributed by atoms with Gasteiger partial charge in [-0.15, -0.1) is 11.3 Å². The average molecular weight is 448 g/mol. The summed E-state index contributed by atoms with van der Waals surface area (Å²) in [5, 5.41) is 3.89. The van der Waals surface area contributed by atoms with E-state index in [2.05, 4.69) is 33.0 Å². The van der Waals surface area contributed by atoms with Crippen LogP contribution in [-0.4, -0.2) is 18.5 Å². The van der Waals surface area contributed by atoms with Gasteiger partial charge < -0.3 is 10.1 Å². The maximum absolute atomic E-state index is 13.1. The number of hydrogen-bond acceptors (Lipinski definition) is 4. The topological polar surface area (TPSA) is 55.4 Å². The molecule has 1 aromatic rings. The molecule has 1 heterocycles. The van der Waals surface area contributed by atoms with Gasteiger partial charge in [0.15, 0.2) is 0 Å². The molecule has 1 N–H and O–H groups in total. The van der Waals surface area contributed by atoms with Crippen LogP contribution in [0.5, 0.6) is 0 Å². The molecule has 1 unspecified atom stereocenters. The highest BCUT2D eigenvalue weighted by atomic mass is 32.1. The van der Waals surface area contributed by atoms with Crippen molar-refractivity contribution in [3.63, 3.8) is 0 Å². The van der Waals surface area contributed by atoms with Gasteiger partial charge >= 0.3 is 5.97 Å². The first-order valence-electron chi connectivity index (χ1n) is 12.4. The molecule has 1 amide bonds. The molecule has 0 aromatic carbocycles. The number of fused-ring (bicyclic) bond motifs is 1. The summed E-state index contributed by atoms with van der Waals surface area (Å²) in [6.45, 7) is 11.3. The van der Waals surface area contributed by atoms with Crippen molar-refractivity contribution in [1.29, 1.82) is 0 Å². The fourth-order valence-electron chi connectivity index (χ4n) is 5.25. The summed E-state index contributed by atoms with van der Waals surface area (Å²) in [7, 11) is 0. The number of carbonyl (C=O) groups excluding carboxylic acids is 2. The molecule has 3 rings (SSSR count). The van der Waals surface area contributed by atoms with Gasteiger partial charge in [0, 0.05) is 10.8 Å². The lowest BCUT2D eigenvalue weighted by Gasteiger charge is -2.33. The summed E-state index contributed by atoms with van der Waals surface area (Å²) < 4.78 is 5.38. The van der Waals surface area contributed by atoms with Crippen LogP contribution in [0.3, 0.4) is 0 Å². The third kappa shape index (κ3) is 5.91. The minimum absolute atomic E-state index is 0.0642. The van der Waals surface area contributed by atoms with Crippen LogP contribution in [-0.2, 0) is 22.4 Å². The molecule has 2 aliphatic rings. The lowest BCUT2D eigenvalue weighted by atomic mass is 9.72. The van der Waals surface area contributed by atoms with E-state index in [-0.39, 0.29) is 23.2 Å². The number of esters is 1. The maximum Gasteiger partial charge on any atom is 0.341 e. The lowest BCUT2D eigenvalue weighted by molar-refractivity contribution is -0.121. The fraction of sp³-hybridized carbons (Fsp3) is 0.769. The number of anilines is 1. The van der Waals surface area contributed by atoms with E-state index in [4.69, 9.17) is 4.74 Å². The Balaban J connectivity index is 1.74. The van der Waals surface area contributed by atoms with E-state index in [1.165, 1.54) is 24.1 Å². The molecular weight excluding hydrogens is 406 g/mol. The van der Waals surface area contributed by atoms with Crippen LogP contribution in [0.15, 0.2) is 0 Å². The predicted molar refractivity (Wildman–Crippen MR) is 129 cm³/mol. The van der Waals surface area contributed by atoms with Crippen LogP contribution in [0, 0.1) is 23.2 Å². The minimum atomic E-state index is -0.284. The number of thiophene rings is 1. The zero-order valence-electron chi connectivity index (χ0n) is 20.1. The Morgan fingerprint density at radius 1 is 1.10 bits per heavy atom. The molecule has 0 radical (unpaired) electrons. The molecule has 2 aliphatic carbocycles. The highest BCUT2D eigenvalue weighted by Crippen LogP contribution is 2.45. The molecule has 0 bridgehead atoms. The summed E-state index contributed by atoms with van der Waals surface area (Å²) in [4.78, 5) is 27.2. The number of hydrogen-bond donors (Lipinski definition) is 1. The molecule has 174 valence electrons. The van der Waals surface area contributed by atoms with Crippen molar-refractivity contribution in [3.05, 3.63) is 16.0 Å². The Labute approximate surface area is 192 Å². The van der Waals surface area contributed by atoms with Crippen molar-refractivity contribution in [2.45, 2.75) is 98.8 Å². The second-order valence-electron chi connectivity index (χ2n) is 10.6. The van der Waals surface area contributed by atoms with Crippen LogP contribution in [0.1, 0.15) is 107 Å².